The number of aromatic amines is 1. The lowest BCUT2D eigenvalue weighted by Crippen LogP contribution is -2.21. The van der Waals surface area contributed by atoms with Gasteiger partial charge in [0.25, 0.3) is 0 Å². The van der Waals surface area contributed by atoms with Crippen molar-refractivity contribution in [2.24, 2.45) is 5.92 Å². The zero-order valence-corrected chi connectivity index (χ0v) is 18.6. The molecule has 4 rings (SSSR count). The van der Waals surface area contributed by atoms with E-state index in [4.69, 9.17) is 0 Å². The van der Waals surface area contributed by atoms with Crippen molar-refractivity contribution in [3.05, 3.63) is 125 Å². The number of aryl methyl sites for hydroxylation is 2. The first kappa shape index (κ1) is 21.8. The van der Waals surface area contributed by atoms with Crippen molar-refractivity contribution in [3.63, 3.8) is 0 Å². The lowest BCUT2D eigenvalue weighted by molar-refractivity contribution is 0.0953. The first-order chi connectivity index (χ1) is 15.7. The minimum atomic E-state index is 0.0679. The van der Waals surface area contributed by atoms with Crippen LogP contribution in [0.3, 0.4) is 0 Å². The maximum absolute atomic E-state index is 13.1. The van der Waals surface area contributed by atoms with E-state index in [1.54, 1.807) is 12.4 Å². The Morgan fingerprint density at radius 3 is 2.16 bits per heavy atom. The maximum atomic E-state index is 13.1. The van der Waals surface area contributed by atoms with Crippen LogP contribution in [0, 0.1) is 12.8 Å². The lowest BCUT2D eigenvalue weighted by Gasteiger charge is -2.28. The van der Waals surface area contributed by atoms with Crippen molar-refractivity contribution in [1.29, 1.82) is 0 Å². The third kappa shape index (κ3) is 5.82. The van der Waals surface area contributed by atoms with Crippen LogP contribution in [0.2, 0.25) is 0 Å². The summed E-state index contributed by atoms with van der Waals surface area (Å²) in [4.78, 5) is 20.3. The second-order valence-corrected chi connectivity index (χ2v) is 8.56. The van der Waals surface area contributed by atoms with Gasteiger partial charge in [-0.1, -0.05) is 90.5 Å². The SMILES string of the molecule is Cc1ccc(C(CC(=O)c2ncc[nH]2)C(CCc2ccccc2)Cc2ccccc2)cc1. The number of rotatable bonds is 10. The molecule has 162 valence electrons. The number of benzene rings is 3. The fourth-order valence-electron chi connectivity index (χ4n) is 4.44. The largest absolute Gasteiger partial charge is 0.342 e. The number of ketones is 1. The Balaban J connectivity index is 1.64. The quantitative estimate of drug-likeness (QED) is 0.294. The molecule has 0 spiro atoms. The third-order valence-electron chi connectivity index (χ3n) is 6.23. The zero-order valence-electron chi connectivity index (χ0n) is 18.6. The van der Waals surface area contributed by atoms with E-state index < -0.39 is 0 Å². The van der Waals surface area contributed by atoms with E-state index in [2.05, 4.69) is 102 Å². The van der Waals surface area contributed by atoms with Crippen LogP contribution < -0.4 is 0 Å². The molecule has 1 aromatic heterocycles. The number of nitrogens with zero attached hydrogens (tertiary/aromatic N) is 1. The van der Waals surface area contributed by atoms with Crippen molar-refractivity contribution in [1.82, 2.24) is 9.97 Å². The van der Waals surface area contributed by atoms with Crippen LogP contribution in [-0.4, -0.2) is 15.8 Å². The summed E-state index contributed by atoms with van der Waals surface area (Å²) >= 11 is 0. The van der Waals surface area contributed by atoms with E-state index >= 15 is 0 Å². The van der Waals surface area contributed by atoms with Gasteiger partial charge in [-0.2, -0.15) is 0 Å². The van der Waals surface area contributed by atoms with Gasteiger partial charge < -0.3 is 4.98 Å². The Kier molecular flexibility index (Phi) is 7.29. The van der Waals surface area contributed by atoms with E-state index in [0.29, 0.717) is 18.2 Å². The van der Waals surface area contributed by atoms with E-state index in [0.717, 1.165) is 19.3 Å². The van der Waals surface area contributed by atoms with Gasteiger partial charge in [-0.25, -0.2) is 4.98 Å². The number of carbonyl (C=O) groups is 1. The van der Waals surface area contributed by atoms with Crippen molar-refractivity contribution in [2.75, 3.05) is 0 Å². The summed E-state index contributed by atoms with van der Waals surface area (Å²) in [7, 11) is 0. The second kappa shape index (κ2) is 10.7. The number of carbonyl (C=O) groups excluding carboxylic acids is 1. The molecule has 3 heteroatoms. The number of nitrogens with one attached hydrogen (secondary N) is 1. The molecule has 3 nitrogen and oxygen atoms in total. The van der Waals surface area contributed by atoms with Crippen LogP contribution in [-0.2, 0) is 12.8 Å². The Labute approximate surface area is 190 Å². The van der Waals surface area contributed by atoms with E-state index in [1.165, 1.54) is 22.3 Å². The summed E-state index contributed by atoms with van der Waals surface area (Å²) in [5.74, 6) is 0.971. The first-order valence-electron chi connectivity index (χ1n) is 11.4. The molecule has 4 aromatic rings. The van der Waals surface area contributed by atoms with Gasteiger partial charge in [0.2, 0.25) is 0 Å². The molecule has 0 fully saturated rings. The standard InChI is InChI=1S/C29H30N2O/c1-22-12-15-25(16-13-22)27(21-28(32)29-30-18-19-31-29)26(20-24-10-6-3-7-11-24)17-14-23-8-4-2-5-9-23/h2-13,15-16,18-19,26-27H,14,17,20-21H2,1H3,(H,30,31). The van der Waals surface area contributed by atoms with Crippen LogP contribution in [0.25, 0.3) is 0 Å². The van der Waals surface area contributed by atoms with Gasteiger partial charge >= 0.3 is 0 Å². The number of aromatic nitrogens is 2. The van der Waals surface area contributed by atoms with Crippen LogP contribution in [0.1, 0.15) is 51.6 Å². The van der Waals surface area contributed by atoms with Crippen LogP contribution in [0.15, 0.2) is 97.3 Å². The number of H-pyrrole nitrogens is 1. The summed E-state index contributed by atoms with van der Waals surface area (Å²) < 4.78 is 0. The van der Waals surface area contributed by atoms with Gasteiger partial charge in [0.1, 0.15) is 0 Å². The van der Waals surface area contributed by atoms with Crippen LogP contribution in [0.5, 0.6) is 0 Å². The lowest BCUT2D eigenvalue weighted by atomic mass is 9.76. The Bertz CT molecular complexity index is 1090. The van der Waals surface area contributed by atoms with Crippen molar-refractivity contribution in [3.8, 4) is 0 Å². The van der Waals surface area contributed by atoms with Gasteiger partial charge in [0.15, 0.2) is 11.6 Å². The maximum Gasteiger partial charge on any atom is 0.198 e. The summed E-state index contributed by atoms with van der Waals surface area (Å²) in [6, 6.07) is 29.9. The summed E-state index contributed by atoms with van der Waals surface area (Å²) in [5.41, 5.74) is 5.11. The molecule has 0 saturated heterocycles. The zero-order chi connectivity index (χ0) is 22.2. The average Bonchev–Trinajstić information content (AvgIpc) is 3.38. The van der Waals surface area contributed by atoms with E-state index in [9.17, 15) is 4.79 Å². The molecule has 0 amide bonds. The molecule has 0 aliphatic heterocycles. The van der Waals surface area contributed by atoms with Gasteiger partial charge in [-0.15, -0.1) is 0 Å². The van der Waals surface area contributed by atoms with Gasteiger partial charge in [-0.05, 0) is 54.7 Å². The predicted molar refractivity (Wildman–Crippen MR) is 130 cm³/mol. The normalized spacial score (nSPS) is 12.9. The minimum Gasteiger partial charge on any atom is -0.342 e. The molecule has 2 unspecified atom stereocenters. The molecule has 1 N–H and O–H groups in total. The molecule has 0 saturated carbocycles. The third-order valence-corrected chi connectivity index (χ3v) is 6.23. The highest BCUT2D eigenvalue weighted by molar-refractivity contribution is 5.93. The topological polar surface area (TPSA) is 45.8 Å². The number of hydrogen-bond donors (Lipinski definition) is 1. The van der Waals surface area contributed by atoms with Gasteiger partial charge in [-0.3, -0.25) is 4.79 Å². The fourth-order valence-corrected chi connectivity index (χ4v) is 4.44. The van der Waals surface area contributed by atoms with Crippen LogP contribution in [0.4, 0.5) is 0 Å². The minimum absolute atomic E-state index is 0.0679. The highest BCUT2D eigenvalue weighted by atomic mass is 16.1. The fraction of sp³-hybridized carbons (Fsp3) is 0.241. The van der Waals surface area contributed by atoms with Crippen LogP contribution >= 0.6 is 0 Å². The Morgan fingerprint density at radius 2 is 1.53 bits per heavy atom. The highest BCUT2D eigenvalue weighted by Gasteiger charge is 2.27. The average molecular weight is 423 g/mol. The highest BCUT2D eigenvalue weighted by Crippen LogP contribution is 2.35. The summed E-state index contributed by atoms with van der Waals surface area (Å²) in [5, 5.41) is 0. The molecule has 32 heavy (non-hydrogen) atoms. The van der Waals surface area contributed by atoms with Gasteiger partial charge in [0.05, 0.1) is 0 Å². The van der Waals surface area contributed by atoms with Crippen molar-refractivity contribution in [2.45, 2.75) is 38.5 Å². The monoisotopic (exact) mass is 422 g/mol. The molecular weight excluding hydrogens is 392 g/mol. The molecule has 0 aliphatic rings. The summed E-state index contributed by atoms with van der Waals surface area (Å²) in [6.45, 7) is 2.10. The first-order valence-corrected chi connectivity index (χ1v) is 11.4. The Morgan fingerprint density at radius 1 is 0.875 bits per heavy atom. The molecule has 0 radical (unpaired) electrons. The molecule has 0 aliphatic carbocycles. The van der Waals surface area contributed by atoms with E-state index in [-0.39, 0.29) is 11.7 Å². The Hall–Kier alpha value is -3.46. The predicted octanol–water partition coefficient (Wildman–Crippen LogP) is 6.57. The van der Waals surface area contributed by atoms with Crippen molar-refractivity contribution >= 4 is 5.78 Å². The number of imidazole rings is 1. The molecule has 2 atom stereocenters. The van der Waals surface area contributed by atoms with Crippen molar-refractivity contribution < 1.29 is 4.79 Å². The van der Waals surface area contributed by atoms with Gasteiger partial charge in [0, 0.05) is 18.8 Å². The summed E-state index contributed by atoms with van der Waals surface area (Å²) in [6.07, 6.45) is 6.76. The molecule has 1 heterocycles. The van der Waals surface area contributed by atoms with E-state index in [1.807, 2.05) is 0 Å². The second-order valence-electron chi connectivity index (χ2n) is 8.56. The molecule has 0 bridgehead atoms. The number of hydrogen-bond acceptors (Lipinski definition) is 2. The smallest absolute Gasteiger partial charge is 0.198 e. The number of Topliss-reactive ketones (excluding diaryl/α,β-unsaturated/α-hetero) is 1. The molecule has 3 aromatic carbocycles. The molecular formula is C29H30N2O.